The Morgan fingerprint density at radius 3 is 1.29 bits per heavy atom. The van der Waals surface area contributed by atoms with Gasteiger partial charge in [-0.15, -0.1) is 0 Å². The molecule has 13 aromatic rings. The van der Waals surface area contributed by atoms with Crippen LogP contribution in [0.4, 0.5) is 17.1 Å². The lowest BCUT2D eigenvalue weighted by molar-refractivity contribution is 0.670. The van der Waals surface area contributed by atoms with E-state index in [2.05, 4.69) is 272 Å². The van der Waals surface area contributed by atoms with Crippen LogP contribution in [0.2, 0.25) is 0 Å². The molecule has 2 heteroatoms. The van der Waals surface area contributed by atoms with E-state index in [9.17, 15) is 0 Å². The van der Waals surface area contributed by atoms with E-state index in [4.69, 9.17) is 4.42 Å². The van der Waals surface area contributed by atoms with Gasteiger partial charge in [0.25, 0.3) is 0 Å². The van der Waals surface area contributed by atoms with Crippen LogP contribution < -0.4 is 4.90 Å². The number of nitrogens with zero attached hydrogens (tertiary/aromatic N) is 1. The first-order valence-electron chi connectivity index (χ1n) is 24.0. The molecule has 0 saturated carbocycles. The van der Waals surface area contributed by atoms with Gasteiger partial charge in [-0.3, -0.25) is 0 Å². The Balaban J connectivity index is 0.872. The van der Waals surface area contributed by atoms with Crippen LogP contribution in [0, 0.1) is 0 Å². The van der Waals surface area contributed by atoms with Gasteiger partial charge in [0.05, 0.1) is 0 Å². The van der Waals surface area contributed by atoms with Crippen molar-refractivity contribution in [3.8, 4) is 66.8 Å². The molecule has 0 unspecified atom stereocenters. The minimum Gasteiger partial charge on any atom is -0.455 e. The average molecular weight is 892 g/mol. The SMILES string of the molecule is c1ccc(-c2ccccc2-c2ccccc2-c2ccc(N(c3ccc(-c4ccc5c(ccc6ccccc65)c4)cc3)c3ccc(-c4ccc5oc6c(-c7ccccc7)cccc6c5c4)cc3)cc2)cc1. The van der Waals surface area contributed by atoms with Gasteiger partial charge in [0.2, 0.25) is 0 Å². The van der Waals surface area contributed by atoms with Crippen LogP contribution in [0.5, 0.6) is 0 Å². The van der Waals surface area contributed by atoms with Gasteiger partial charge in [-0.25, -0.2) is 0 Å². The van der Waals surface area contributed by atoms with Crippen LogP contribution in [-0.2, 0) is 0 Å². The number of hydrogen-bond donors (Lipinski definition) is 0. The second-order valence-electron chi connectivity index (χ2n) is 18.0. The molecule has 70 heavy (non-hydrogen) atoms. The molecule has 328 valence electrons. The highest BCUT2D eigenvalue weighted by Gasteiger charge is 2.18. The molecule has 1 aromatic heterocycles. The van der Waals surface area contributed by atoms with Gasteiger partial charge in [0.1, 0.15) is 11.2 Å². The first kappa shape index (κ1) is 41.0. The van der Waals surface area contributed by atoms with Crippen molar-refractivity contribution in [1.29, 1.82) is 0 Å². The van der Waals surface area contributed by atoms with Crippen LogP contribution in [0.15, 0.2) is 277 Å². The van der Waals surface area contributed by atoms with Crippen molar-refractivity contribution >= 4 is 60.5 Å². The summed E-state index contributed by atoms with van der Waals surface area (Å²) in [6.07, 6.45) is 0. The van der Waals surface area contributed by atoms with Crippen LogP contribution >= 0.6 is 0 Å². The summed E-state index contributed by atoms with van der Waals surface area (Å²) in [4.78, 5) is 2.36. The van der Waals surface area contributed by atoms with E-state index in [0.29, 0.717) is 0 Å². The summed E-state index contributed by atoms with van der Waals surface area (Å²) in [5.74, 6) is 0. The zero-order chi connectivity index (χ0) is 46.4. The third kappa shape index (κ3) is 7.40. The Morgan fingerprint density at radius 2 is 0.657 bits per heavy atom. The van der Waals surface area contributed by atoms with Crippen molar-refractivity contribution in [2.45, 2.75) is 0 Å². The van der Waals surface area contributed by atoms with E-state index in [1.165, 1.54) is 60.5 Å². The molecular weight excluding hydrogens is 847 g/mol. The number of rotatable bonds is 9. The molecule has 0 fully saturated rings. The van der Waals surface area contributed by atoms with Crippen molar-refractivity contribution in [2.75, 3.05) is 4.90 Å². The standard InChI is InChI=1S/C68H45NO/c1-3-14-48(15-4-1)59-20-9-11-22-63(59)64-23-12-10-21-60(64)51-32-40-57(41-33-51)69(55-36-28-46(29-37-55)52-34-42-61-54(44-52)27-26-50-18-7-8-19-58(50)61)56-38-30-47(31-39-56)53-35-43-67-66(45-53)65-25-13-24-62(68(65)70-67)49-16-5-2-6-17-49/h1-45H. The third-order valence-corrected chi connectivity index (χ3v) is 13.9. The van der Waals surface area contributed by atoms with Crippen molar-refractivity contribution < 1.29 is 4.42 Å². The van der Waals surface area contributed by atoms with Gasteiger partial charge in [0.15, 0.2) is 0 Å². The molecule has 0 saturated heterocycles. The molecule has 0 radical (unpaired) electrons. The highest BCUT2D eigenvalue weighted by Crippen LogP contribution is 2.43. The number of furan rings is 1. The maximum Gasteiger partial charge on any atom is 0.143 e. The molecule has 0 bridgehead atoms. The first-order valence-corrected chi connectivity index (χ1v) is 24.0. The Labute approximate surface area is 407 Å². The molecule has 0 aliphatic carbocycles. The topological polar surface area (TPSA) is 16.4 Å². The van der Waals surface area contributed by atoms with Crippen LogP contribution in [0.1, 0.15) is 0 Å². The first-order chi connectivity index (χ1) is 34.7. The zero-order valence-electron chi connectivity index (χ0n) is 38.3. The lowest BCUT2D eigenvalue weighted by Crippen LogP contribution is -2.09. The lowest BCUT2D eigenvalue weighted by atomic mass is 9.89. The lowest BCUT2D eigenvalue weighted by Gasteiger charge is -2.26. The normalized spacial score (nSPS) is 11.4. The summed E-state index contributed by atoms with van der Waals surface area (Å²) < 4.78 is 6.53. The Kier molecular flexibility index (Phi) is 10.2. The van der Waals surface area contributed by atoms with Gasteiger partial charge >= 0.3 is 0 Å². The van der Waals surface area contributed by atoms with Gasteiger partial charge in [-0.05, 0) is 137 Å². The molecule has 13 rings (SSSR count). The predicted molar refractivity (Wildman–Crippen MR) is 296 cm³/mol. The van der Waals surface area contributed by atoms with Gasteiger partial charge in [-0.1, -0.05) is 218 Å². The molecule has 0 N–H and O–H groups in total. The Bertz CT molecular complexity index is 4020. The maximum atomic E-state index is 6.53. The summed E-state index contributed by atoms with van der Waals surface area (Å²) in [6, 6.07) is 98.5. The summed E-state index contributed by atoms with van der Waals surface area (Å²) in [7, 11) is 0. The summed E-state index contributed by atoms with van der Waals surface area (Å²) in [5.41, 5.74) is 19.1. The molecule has 0 atom stereocenters. The van der Waals surface area contributed by atoms with E-state index in [1.807, 2.05) is 6.07 Å². The van der Waals surface area contributed by atoms with E-state index in [1.54, 1.807) is 0 Å². The van der Waals surface area contributed by atoms with Gasteiger partial charge in [-0.2, -0.15) is 0 Å². The highest BCUT2D eigenvalue weighted by atomic mass is 16.3. The second-order valence-corrected chi connectivity index (χ2v) is 18.0. The van der Waals surface area contributed by atoms with Crippen molar-refractivity contribution in [2.24, 2.45) is 0 Å². The Hall–Kier alpha value is -9.24. The number of fused-ring (bicyclic) bond motifs is 6. The number of para-hydroxylation sites is 1. The van der Waals surface area contributed by atoms with E-state index < -0.39 is 0 Å². The van der Waals surface area contributed by atoms with E-state index in [0.717, 1.165) is 66.8 Å². The number of hydrogen-bond acceptors (Lipinski definition) is 2. The molecule has 0 spiro atoms. The monoisotopic (exact) mass is 891 g/mol. The van der Waals surface area contributed by atoms with Crippen LogP contribution in [-0.4, -0.2) is 0 Å². The largest absolute Gasteiger partial charge is 0.455 e. The minimum atomic E-state index is 0.886. The minimum absolute atomic E-state index is 0.886. The number of anilines is 3. The predicted octanol–water partition coefficient (Wildman–Crippen LogP) is 19.4. The van der Waals surface area contributed by atoms with Crippen LogP contribution in [0.3, 0.4) is 0 Å². The molecule has 0 aliphatic heterocycles. The second kappa shape index (κ2) is 17.4. The van der Waals surface area contributed by atoms with E-state index in [-0.39, 0.29) is 0 Å². The summed E-state index contributed by atoms with van der Waals surface area (Å²) >= 11 is 0. The summed E-state index contributed by atoms with van der Waals surface area (Å²) in [6.45, 7) is 0. The molecule has 0 aliphatic rings. The molecule has 2 nitrogen and oxygen atoms in total. The quantitative estimate of drug-likeness (QED) is 0.134. The Morgan fingerprint density at radius 1 is 0.229 bits per heavy atom. The van der Waals surface area contributed by atoms with Crippen molar-refractivity contribution in [1.82, 2.24) is 0 Å². The fourth-order valence-electron chi connectivity index (χ4n) is 10.4. The van der Waals surface area contributed by atoms with Crippen LogP contribution in [0.25, 0.3) is 110 Å². The van der Waals surface area contributed by atoms with Gasteiger partial charge < -0.3 is 9.32 Å². The summed E-state index contributed by atoms with van der Waals surface area (Å²) in [5, 5.41) is 7.28. The highest BCUT2D eigenvalue weighted by molar-refractivity contribution is 6.11. The van der Waals surface area contributed by atoms with Gasteiger partial charge in [0, 0.05) is 33.4 Å². The molecular formula is C68H45NO. The van der Waals surface area contributed by atoms with Crippen molar-refractivity contribution in [3.63, 3.8) is 0 Å². The van der Waals surface area contributed by atoms with Crippen molar-refractivity contribution in [3.05, 3.63) is 273 Å². The smallest absolute Gasteiger partial charge is 0.143 e. The maximum absolute atomic E-state index is 6.53. The fourth-order valence-corrected chi connectivity index (χ4v) is 10.4. The zero-order valence-corrected chi connectivity index (χ0v) is 38.3. The third-order valence-electron chi connectivity index (χ3n) is 13.9. The van der Waals surface area contributed by atoms with E-state index >= 15 is 0 Å². The molecule has 1 heterocycles. The molecule has 0 amide bonds. The number of benzene rings is 12. The molecule has 12 aromatic carbocycles. The average Bonchev–Trinajstić information content (AvgIpc) is 3.82. The fraction of sp³-hybridized carbons (Fsp3) is 0.